The lowest BCUT2D eigenvalue weighted by Crippen LogP contribution is -2.08. The number of ether oxygens (including phenoxy) is 2. The molecular weight excluding hydrogens is 264 g/mol. The minimum atomic E-state index is -0.314. The molecule has 118 valence electrons. The first kappa shape index (κ1) is 17.5. The molecule has 0 unspecified atom stereocenters. The second-order valence-corrected chi connectivity index (χ2v) is 5.36. The maximum Gasteiger partial charge on any atom is 0.341 e. The van der Waals surface area contributed by atoms with Crippen LogP contribution in [-0.4, -0.2) is 20.2 Å². The van der Waals surface area contributed by atoms with E-state index in [2.05, 4.69) is 6.92 Å². The molecule has 0 radical (unpaired) electrons. The van der Waals surface area contributed by atoms with E-state index in [1.54, 1.807) is 13.2 Å². The molecule has 0 heterocycles. The lowest BCUT2D eigenvalue weighted by molar-refractivity contribution is 0.0595. The van der Waals surface area contributed by atoms with Crippen molar-refractivity contribution >= 4 is 5.97 Å². The number of unbranched alkanes of at least 4 members (excludes halogenated alkanes) is 6. The number of carbonyl (C=O) groups excluding carboxylic acids is 1. The van der Waals surface area contributed by atoms with Gasteiger partial charge in [-0.05, 0) is 24.5 Å². The summed E-state index contributed by atoms with van der Waals surface area (Å²) in [7, 11) is 2.99. The fraction of sp³-hybridized carbons (Fsp3) is 0.611. The Morgan fingerprint density at radius 3 is 2.29 bits per heavy atom. The maximum absolute atomic E-state index is 11.9. The van der Waals surface area contributed by atoms with Crippen LogP contribution in [0.15, 0.2) is 18.2 Å². The molecule has 0 aliphatic carbocycles. The summed E-state index contributed by atoms with van der Waals surface area (Å²) in [6.45, 7) is 2.23. The summed E-state index contributed by atoms with van der Waals surface area (Å²) in [5, 5.41) is 0. The van der Waals surface area contributed by atoms with Crippen molar-refractivity contribution in [2.24, 2.45) is 0 Å². The minimum absolute atomic E-state index is 0.314. The maximum atomic E-state index is 11.9. The van der Waals surface area contributed by atoms with Crippen molar-refractivity contribution in [1.82, 2.24) is 0 Å². The Bertz CT molecular complexity index is 426. The first-order chi connectivity index (χ1) is 10.2. The molecule has 3 nitrogen and oxygen atoms in total. The van der Waals surface area contributed by atoms with E-state index < -0.39 is 0 Å². The topological polar surface area (TPSA) is 35.5 Å². The van der Waals surface area contributed by atoms with Crippen LogP contribution in [0.25, 0.3) is 0 Å². The quantitative estimate of drug-likeness (QED) is 0.460. The zero-order chi connectivity index (χ0) is 15.5. The van der Waals surface area contributed by atoms with E-state index in [1.807, 2.05) is 12.1 Å². The van der Waals surface area contributed by atoms with Gasteiger partial charge in [-0.15, -0.1) is 0 Å². The number of rotatable bonds is 10. The highest BCUT2D eigenvalue weighted by Crippen LogP contribution is 2.24. The zero-order valence-electron chi connectivity index (χ0n) is 13.6. The van der Waals surface area contributed by atoms with Gasteiger partial charge in [-0.25, -0.2) is 4.79 Å². The summed E-state index contributed by atoms with van der Waals surface area (Å²) in [6, 6.07) is 5.73. The lowest BCUT2D eigenvalue weighted by Gasteiger charge is -2.12. The molecule has 1 aromatic carbocycles. The fourth-order valence-electron chi connectivity index (χ4n) is 2.56. The Hall–Kier alpha value is -1.51. The minimum Gasteiger partial charge on any atom is -0.496 e. The van der Waals surface area contributed by atoms with E-state index in [1.165, 1.54) is 45.6 Å². The molecule has 0 aliphatic rings. The van der Waals surface area contributed by atoms with Crippen LogP contribution in [0.2, 0.25) is 0 Å². The summed E-state index contributed by atoms with van der Waals surface area (Å²) < 4.78 is 10.2. The normalized spacial score (nSPS) is 10.4. The average Bonchev–Trinajstić information content (AvgIpc) is 2.52. The predicted molar refractivity (Wildman–Crippen MR) is 86.0 cm³/mol. The molecule has 0 saturated heterocycles. The number of benzene rings is 1. The van der Waals surface area contributed by atoms with Crippen molar-refractivity contribution in [3.05, 3.63) is 29.3 Å². The van der Waals surface area contributed by atoms with Gasteiger partial charge in [-0.2, -0.15) is 0 Å². The van der Waals surface area contributed by atoms with Gasteiger partial charge in [0.1, 0.15) is 11.3 Å². The number of hydrogen-bond acceptors (Lipinski definition) is 3. The molecule has 0 atom stereocenters. The fourth-order valence-corrected chi connectivity index (χ4v) is 2.56. The first-order valence-corrected chi connectivity index (χ1v) is 7.98. The highest BCUT2D eigenvalue weighted by molar-refractivity contribution is 5.94. The SMILES string of the molecule is CCCCCCCCCc1cccc(OC)c1C(=O)OC. The third kappa shape index (κ3) is 5.78. The molecule has 3 heteroatoms. The van der Waals surface area contributed by atoms with Crippen LogP contribution in [0, 0.1) is 0 Å². The standard InChI is InChI=1S/C18H28O3/c1-4-5-6-7-8-9-10-12-15-13-11-14-16(20-2)17(15)18(19)21-3/h11,13-14H,4-10,12H2,1-3H3. The second-order valence-electron chi connectivity index (χ2n) is 5.36. The smallest absolute Gasteiger partial charge is 0.341 e. The number of methoxy groups -OCH3 is 2. The van der Waals surface area contributed by atoms with Crippen LogP contribution in [0.4, 0.5) is 0 Å². The van der Waals surface area contributed by atoms with E-state index in [9.17, 15) is 4.79 Å². The van der Waals surface area contributed by atoms with Crippen LogP contribution in [-0.2, 0) is 11.2 Å². The third-order valence-electron chi connectivity index (χ3n) is 3.77. The monoisotopic (exact) mass is 292 g/mol. The van der Waals surface area contributed by atoms with Crippen molar-refractivity contribution in [3.63, 3.8) is 0 Å². The summed E-state index contributed by atoms with van der Waals surface area (Å²) >= 11 is 0. The van der Waals surface area contributed by atoms with Crippen molar-refractivity contribution in [2.45, 2.75) is 58.3 Å². The van der Waals surface area contributed by atoms with Gasteiger partial charge in [0, 0.05) is 0 Å². The zero-order valence-corrected chi connectivity index (χ0v) is 13.6. The Kier molecular flexibility index (Phi) is 8.56. The summed E-state index contributed by atoms with van der Waals surface area (Å²) in [5.74, 6) is 0.285. The Labute approximate surface area is 128 Å². The molecule has 0 aliphatic heterocycles. The Balaban J connectivity index is 2.52. The van der Waals surface area contributed by atoms with Gasteiger partial charge in [0.2, 0.25) is 0 Å². The molecular formula is C18H28O3. The molecule has 0 bridgehead atoms. The van der Waals surface area contributed by atoms with Gasteiger partial charge < -0.3 is 9.47 Å². The van der Waals surface area contributed by atoms with Crippen molar-refractivity contribution in [3.8, 4) is 5.75 Å². The Morgan fingerprint density at radius 2 is 1.67 bits per heavy atom. The van der Waals surface area contributed by atoms with Crippen LogP contribution in [0.1, 0.15) is 67.8 Å². The first-order valence-electron chi connectivity index (χ1n) is 7.98. The summed E-state index contributed by atoms with van der Waals surface area (Å²) in [4.78, 5) is 11.9. The van der Waals surface area contributed by atoms with Gasteiger partial charge in [-0.1, -0.05) is 57.6 Å². The molecule has 0 amide bonds. The molecule has 0 spiro atoms. The number of hydrogen-bond donors (Lipinski definition) is 0. The van der Waals surface area contributed by atoms with Gasteiger partial charge in [0.05, 0.1) is 14.2 Å². The van der Waals surface area contributed by atoms with Gasteiger partial charge in [0.15, 0.2) is 0 Å². The highest BCUT2D eigenvalue weighted by atomic mass is 16.5. The van der Waals surface area contributed by atoms with Crippen LogP contribution in [0.3, 0.4) is 0 Å². The Morgan fingerprint density at radius 1 is 1.00 bits per heavy atom. The summed E-state index contributed by atoms with van der Waals surface area (Å²) in [5.41, 5.74) is 1.60. The second kappa shape index (κ2) is 10.3. The summed E-state index contributed by atoms with van der Waals surface area (Å²) in [6.07, 6.45) is 9.76. The van der Waals surface area contributed by atoms with E-state index in [0.29, 0.717) is 11.3 Å². The molecule has 1 aromatic rings. The van der Waals surface area contributed by atoms with E-state index in [4.69, 9.17) is 9.47 Å². The van der Waals surface area contributed by atoms with Crippen molar-refractivity contribution < 1.29 is 14.3 Å². The largest absolute Gasteiger partial charge is 0.496 e. The van der Waals surface area contributed by atoms with Crippen LogP contribution < -0.4 is 4.74 Å². The molecule has 0 fully saturated rings. The van der Waals surface area contributed by atoms with Crippen LogP contribution in [0.5, 0.6) is 5.75 Å². The van der Waals surface area contributed by atoms with Crippen molar-refractivity contribution in [1.29, 1.82) is 0 Å². The number of esters is 1. The lowest BCUT2D eigenvalue weighted by atomic mass is 9.99. The number of aryl methyl sites for hydroxylation is 1. The molecule has 21 heavy (non-hydrogen) atoms. The predicted octanol–water partition coefficient (Wildman–Crippen LogP) is 4.77. The van der Waals surface area contributed by atoms with E-state index in [0.717, 1.165) is 18.4 Å². The van der Waals surface area contributed by atoms with Crippen molar-refractivity contribution in [2.75, 3.05) is 14.2 Å². The van der Waals surface area contributed by atoms with Gasteiger partial charge in [0.25, 0.3) is 0 Å². The molecule has 0 aromatic heterocycles. The highest BCUT2D eigenvalue weighted by Gasteiger charge is 2.17. The molecule has 1 rings (SSSR count). The number of carbonyl (C=O) groups is 1. The van der Waals surface area contributed by atoms with Gasteiger partial charge in [-0.3, -0.25) is 0 Å². The third-order valence-corrected chi connectivity index (χ3v) is 3.77. The average molecular weight is 292 g/mol. The van der Waals surface area contributed by atoms with E-state index in [-0.39, 0.29) is 5.97 Å². The van der Waals surface area contributed by atoms with E-state index >= 15 is 0 Å². The molecule has 0 saturated carbocycles. The molecule has 0 N–H and O–H groups in total. The van der Waals surface area contributed by atoms with Gasteiger partial charge >= 0.3 is 5.97 Å². The van der Waals surface area contributed by atoms with Crippen LogP contribution >= 0.6 is 0 Å².